The maximum Gasteiger partial charge on any atom is 0.0473 e. The third-order valence-electron chi connectivity index (χ3n) is 4.81. The van der Waals surface area contributed by atoms with Crippen molar-refractivity contribution in [2.24, 2.45) is 0 Å². The minimum atomic E-state index is 0.513. The Morgan fingerprint density at radius 2 is 2.05 bits per heavy atom. The van der Waals surface area contributed by atoms with Crippen LogP contribution in [0.4, 0.5) is 0 Å². The van der Waals surface area contributed by atoms with Gasteiger partial charge in [0.05, 0.1) is 0 Å². The number of para-hydroxylation sites is 1. The number of nitrogens with one attached hydrogen (secondary N) is 1. The molecule has 0 saturated carbocycles. The quantitative estimate of drug-likeness (QED) is 0.778. The maximum atomic E-state index is 3.38. The average molecular weight is 279 g/mol. The van der Waals surface area contributed by atoms with Crippen LogP contribution in [0.2, 0.25) is 0 Å². The van der Waals surface area contributed by atoms with Crippen LogP contribution in [0, 0.1) is 0 Å². The van der Waals surface area contributed by atoms with Crippen LogP contribution in [-0.4, -0.2) is 27.5 Å². The summed E-state index contributed by atoms with van der Waals surface area (Å²) >= 11 is 0. The molecule has 1 atom stereocenters. The Labute approximate surface area is 125 Å². The predicted octanol–water partition coefficient (Wildman–Crippen LogP) is 3.59. The van der Waals surface area contributed by atoms with Gasteiger partial charge in [-0.2, -0.15) is 0 Å². The molecular weight excluding hydrogens is 258 g/mol. The lowest BCUT2D eigenvalue weighted by Crippen LogP contribution is -2.37. The molecule has 3 aromatic rings. The molecule has 4 rings (SSSR count). The number of hydrogen-bond donors (Lipinski definition) is 1. The highest BCUT2D eigenvalue weighted by atomic mass is 15.2. The maximum absolute atomic E-state index is 3.38. The van der Waals surface area contributed by atoms with Gasteiger partial charge >= 0.3 is 0 Å². The third-order valence-corrected chi connectivity index (χ3v) is 4.81. The van der Waals surface area contributed by atoms with E-state index in [9.17, 15) is 0 Å². The molecule has 0 bridgehead atoms. The first-order chi connectivity index (χ1) is 10.3. The largest absolute Gasteiger partial charge is 0.361 e. The number of aromatic nitrogens is 2. The van der Waals surface area contributed by atoms with Crippen LogP contribution < -0.4 is 0 Å². The lowest BCUT2D eigenvalue weighted by molar-refractivity contribution is 0.171. The molecule has 108 valence electrons. The fraction of sp³-hybridized carbons (Fsp3) is 0.333. The average Bonchev–Trinajstić information content (AvgIpc) is 3.13. The highest BCUT2D eigenvalue weighted by Crippen LogP contribution is 2.26. The van der Waals surface area contributed by atoms with E-state index in [0.29, 0.717) is 6.04 Å². The molecule has 21 heavy (non-hydrogen) atoms. The molecule has 0 spiro atoms. The first-order valence-electron chi connectivity index (χ1n) is 7.77. The first-order valence-corrected chi connectivity index (χ1v) is 7.77. The topological polar surface area (TPSA) is 24.0 Å². The number of hydrogen-bond acceptors (Lipinski definition) is 1. The fourth-order valence-electron chi connectivity index (χ4n) is 3.54. The second-order valence-corrected chi connectivity index (χ2v) is 5.95. The molecule has 0 radical (unpaired) electrons. The molecule has 0 saturated heterocycles. The zero-order valence-corrected chi connectivity index (χ0v) is 12.4. The van der Waals surface area contributed by atoms with Gasteiger partial charge in [-0.25, -0.2) is 0 Å². The van der Waals surface area contributed by atoms with Crippen LogP contribution in [0.5, 0.6) is 0 Å². The van der Waals surface area contributed by atoms with Gasteiger partial charge < -0.3 is 9.55 Å². The first kappa shape index (κ1) is 12.7. The van der Waals surface area contributed by atoms with Crippen LogP contribution in [0.25, 0.3) is 10.9 Å². The van der Waals surface area contributed by atoms with Crippen molar-refractivity contribution >= 4 is 10.9 Å². The van der Waals surface area contributed by atoms with E-state index in [1.54, 1.807) is 0 Å². The van der Waals surface area contributed by atoms with Crippen LogP contribution in [0.3, 0.4) is 0 Å². The molecule has 1 N–H and O–H groups in total. The summed E-state index contributed by atoms with van der Waals surface area (Å²) in [6, 6.07) is 13.5. The lowest BCUT2D eigenvalue weighted by Gasteiger charge is -2.34. The van der Waals surface area contributed by atoms with Gasteiger partial charge in [0.2, 0.25) is 0 Å². The summed E-state index contributed by atoms with van der Waals surface area (Å²) in [6.07, 6.45) is 5.47. The Kier molecular flexibility index (Phi) is 3.08. The molecular formula is C18H21N3. The van der Waals surface area contributed by atoms with Gasteiger partial charge in [0.25, 0.3) is 0 Å². The molecule has 1 aromatic carbocycles. The molecule has 0 amide bonds. The van der Waals surface area contributed by atoms with Crippen molar-refractivity contribution in [1.82, 2.24) is 14.5 Å². The molecule has 0 aliphatic carbocycles. The Morgan fingerprint density at radius 3 is 3.00 bits per heavy atom. The number of aromatic amines is 1. The molecule has 1 aliphatic heterocycles. The van der Waals surface area contributed by atoms with Gasteiger partial charge in [0.1, 0.15) is 0 Å². The minimum Gasteiger partial charge on any atom is -0.361 e. The van der Waals surface area contributed by atoms with Crippen molar-refractivity contribution < 1.29 is 0 Å². The highest BCUT2D eigenvalue weighted by molar-refractivity contribution is 5.83. The summed E-state index contributed by atoms with van der Waals surface area (Å²) in [4.78, 5) is 5.97. The molecule has 2 aromatic heterocycles. The number of H-pyrrole nitrogens is 1. The smallest absolute Gasteiger partial charge is 0.0473 e. The second kappa shape index (κ2) is 5.08. The standard InChI is InChI=1S/C18H21N3/c1-14-18-7-4-9-21(18)12-11-20(14)10-8-15-13-19-17-6-3-2-5-16(15)17/h2-7,9,13-14,19H,8,10-12H2,1H3. The Hall–Kier alpha value is -2.00. The Balaban J connectivity index is 1.50. The van der Waals surface area contributed by atoms with Crippen molar-refractivity contribution in [3.05, 3.63) is 60.0 Å². The number of rotatable bonds is 3. The number of benzene rings is 1. The molecule has 1 unspecified atom stereocenters. The zero-order valence-electron chi connectivity index (χ0n) is 12.4. The summed E-state index contributed by atoms with van der Waals surface area (Å²) in [6.45, 7) is 5.69. The van der Waals surface area contributed by atoms with Crippen molar-refractivity contribution in [1.29, 1.82) is 0 Å². The molecule has 1 aliphatic rings. The molecule has 0 fully saturated rings. The summed E-state index contributed by atoms with van der Waals surface area (Å²) in [5.74, 6) is 0. The SMILES string of the molecule is CC1c2cccn2CCN1CCc1c[nH]c2ccccc12. The van der Waals surface area contributed by atoms with Crippen molar-refractivity contribution in [3.63, 3.8) is 0 Å². The van der Waals surface area contributed by atoms with Gasteiger partial charge in [-0.05, 0) is 37.1 Å². The van der Waals surface area contributed by atoms with Gasteiger partial charge in [-0.15, -0.1) is 0 Å². The zero-order chi connectivity index (χ0) is 14.2. The van der Waals surface area contributed by atoms with Gasteiger partial charge in [0, 0.05) is 54.7 Å². The van der Waals surface area contributed by atoms with Gasteiger partial charge in [-0.3, -0.25) is 4.90 Å². The van der Waals surface area contributed by atoms with E-state index in [1.807, 2.05) is 0 Å². The summed E-state index contributed by atoms with van der Waals surface area (Å²) in [5.41, 5.74) is 4.12. The van der Waals surface area contributed by atoms with E-state index in [4.69, 9.17) is 0 Å². The van der Waals surface area contributed by atoms with E-state index >= 15 is 0 Å². The molecule has 3 nitrogen and oxygen atoms in total. The van der Waals surface area contributed by atoms with E-state index in [1.165, 1.54) is 22.2 Å². The number of nitrogens with zero attached hydrogens (tertiary/aromatic N) is 2. The van der Waals surface area contributed by atoms with E-state index in [0.717, 1.165) is 26.1 Å². The van der Waals surface area contributed by atoms with Crippen LogP contribution in [-0.2, 0) is 13.0 Å². The number of fused-ring (bicyclic) bond motifs is 2. The Morgan fingerprint density at radius 1 is 1.14 bits per heavy atom. The minimum absolute atomic E-state index is 0.513. The predicted molar refractivity (Wildman–Crippen MR) is 86.4 cm³/mol. The second-order valence-electron chi connectivity index (χ2n) is 5.95. The van der Waals surface area contributed by atoms with E-state index in [2.05, 4.69) is 70.2 Å². The summed E-state index contributed by atoms with van der Waals surface area (Å²) < 4.78 is 2.38. The highest BCUT2D eigenvalue weighted by Gasteiger charge is 2.23. The summed E-state index contributed by atoms with van der Waals surface area (Å²) in [5, 5.41) is 1.37. The normalized spacial score (nSPS) is 19.0. The van der Waals surface area contributed by atoms with Crippen LogP contribution in [0.1, 0.15) is 24.2 Å². The van der Waals surface area contributed by atoms with Gasteiger partial charge in [0.15, 0.2) is 0 Å². The van der Waals surface area contributed by atoms with Crippen molar-refractivity contribution in [2.45, 2.75) is 25.9 Å². The lowest BCUT2D eigenvalue weighted by atomic mass is 10.1. The molecule has 3 heteroatoms. The van der Waals surface area contributed by atoms with Gasteiger partial charge in [-0.1, -0.05) is 18.2 Å². The van der Waals surface area contributed by atoms with Crippen LogP contribution in [0.15, 0.2) is 48.8 Å². The molecule has 3 heterocycles. The Bertz CT molecular complexity index is 753. The van der Waals surface area contributed by atoms with Crippen molar-refractivity contribution in [2.75, 3.05) is 13.1 Å². The monoisotopic (exact) mass is 279 g/mol. The van der Waals surface area contributed by atoms with Crippen molar-refractivity contribution in [3.8, 4) is 0 Å². The summed E-state index contributed by atoms with van der Waals surface area (Å²) in [7, 11) is 0. The van der Waals surface area contributed by atoms with E-state index in [-0.39, 0.29) is 0 Å². The fourth-order valence-corrected chi connectivity index (χ4v) is 3.54. The van der Waals surface area contributed by atoms with E-state index < -0.39 is 0 Å². The van der Waals surface area contributed by atoms with Crippen LogP contribution >= 0.6 is 0 Å². The third kappa shape index (κ3) is 2.18.